The van der Waals surface area contributed by atoms with Gasteiger partial charge in [-0.05, 0) is 113 Å². The number of hydrogen-bond donors (Lipinski definition) is 16. The van der Waals surface area contributed by atoms with Gasteiger partial charge in [0.05, 0.1) is 24.4 Å². The predicted molar refractivity (Wildman–Crippen MR) is 359 cm³/mol. The second-order valence-corrected chi connectivity index (χ2v) is 23.1. The summed E-state index contributed by atoms with van der Waals surface area (Å²) >= 11 is 11.6. The van der Waals surface area contributed by atoms with Gasteiger partial charge >= 0.3 is 0 Å². The van der Waals surface area contributed by atoms with Gasteiger partial charge in [-0.1, -0.05) is 114 Å². The standard InChI is InChI=1S/2C31H51ClN8O6/c2*1-3-5-6-9-16-40(19-23(42)26(44)25(43)22(41)4-2)17-18-46-21-13-11-20(12-14-21)10-7-8-15-36-31(35)39-30(45)24-28(33)38-29(34)27(32)37-24/h2*11-14,22-23,25-26,41-44H,3-10,15-19H2,1-2H3,(H4,33,34,38)(H3,35,36,39,45)/t2*22-,23-,25-,26-/m10/s1. The maximum Gasteiger partial charge on any atom is 0.280 e. The zero-order valence-electron chi connectivity index (χ0n) is 53.6. The first kappa shape index (κ1) is 79.7. The Labute approximate surface area is 550 Å². The van der Waals surface area contributed by atoms with Crippen molar-refractivity contribution in [2.75, 3.05) is 88.5 Å². The molecule has 0 bridgehead atoms. The second-order valence-electron chi connectivity index (χ2n) is 22.4. The number of hydrogen-bond acceptors (Lipinski definition) is 24. The molecule has 22 N–H and O–H groups in total. The highest BCUT2D eigenvalue weighted by Gasteiger charge is 2.32. The lowest BCUT2D eigenvalue weighted by Crippen LogP contribution is -2.49. The molecule has 28 nitrogen and oxygen atoms in total. The smallest absolute Gasteiger partial charge is 0.280 e. The quantitative estimate of drug-likeness (QED) is 0.0172. The number of rotatable bonds is 42. The molecule has 0 saturated carbocycles. The van der Waals surface area contributed by atoms with E-state index in [-0.39, 0.29) is 82.8 Å². The number of aryl methyl sites for hydroxylation is 2. The van der Waals surface area contributed by atoms with Gasteiger partial charge in [0.1, 0.15) is 49.1 Å². The Balaban J connectivity index is 0.000000480. The summed E-state index contributed by atoms with van der Waals surface area (Å²) in [4.78, 5) is 52.2. The molecule has 2 aromatic carbocycles. The van der Waals surface area contributed by atoms with E-state index in [0.29, 0.717) is 39.4 Å². The maximum atomic E-state index is 12.3. The topological polar surface area (TPSA) is 477 Å². The van der Waals surface area contributed by atoms with Crippen molar-refractivity contribution < 1.29 is 59.9 Å². The molecule has 0 saturated heterocycles. The molecule has 2 aromatic heterocycles. The monoisotopic (exact) mass is 1330 g/mol. The van der Waals surface area contributed by atoms with Crippen molar-refractivity contribution in [3.8, 4) is 11.5 Å². The van der Waals surface area contributed by atoms with E-state index < -0.39 is 60.6 Å². The first-order valence-electron chi connectivity index (χ1n) is 31.6. The summed E-state index contributed by atoms with van der Waals surface area (Å²) in [6.07, 6.45) is 3.56. The number of benzene rings is 2. The Kier molecular flexibility index (Phi) is 38.2. The number of nitrogen functional groups attached to an aromatic ring is 4. The number of nitrogens with two attached hydrogens (primary N) is 6. The van der Waals surface area contributed by atoms with Crippen LogP contribution >= 0.6 is 23.2 Å². The van der Waals surface area contributed by atoms with Gasteiger partial charge in [0.2, 0.25) is 0 Å². The van der Waals surface area contributed by atoms with E-state index in [1.807, 2.05) is 58.3 Å². The molecule has 4 rings (SSSR count). The molecule has 0 aliphatic carbocycles. The zero-order chi connectivity index (χ0) is 68.1. The van der Waals surface area contributed by atoms with Crippen LogP contribution in [0, 0.1) is 0 Å². The van der Waals surface area contributed by atoms with Crippen LogP contribution in [0.1, 0.15) is 150 Å². The fraction of sp³-hybridized carbons (Fsp3) is 0.613. The molecular weight excluding hydrogens is 1230 g/mol. The number of anilines is 4. The highest BCUT2D eigenvalue weighted by Crippen LogP contribution is 2.21. The summed E-state index contributed by atoms with van der Waals surface area (Å²) < 4.78 is 11.9. The first-order chi connectivity index (χ1) is 43.9. The van der Waals surface area contributed by atoms with Gasteiger partial charge in [-0.3, -0.25) is 40.0 Å². The lowest BCUT2D eigenvalue weighted by Gasteiger charge is -2.30. The molecule has 0 unspecified atom stereocenters. The highest BCUT2D eigenvalue weighted by molar-refractivity contribution is 6.32. The Morgan fingerprint density at radius 2 is 0.826 bits per heavy atom. The van der Waals surface area contributed by atoms with E-state index in [1.54, 1.807) is 13.8 Å². The van der Waals surface area contributed by atoms with Crippen LogP contribution < -0.4 is 54.5 Å². The number of aromatic nitrogens is 4. The van der Waals surface area contributed by atoms with E-state index in [1.165, 1.54) is 0 Å². The van der Waals surface area contributed by atoms with Crippen LogP contribution in [0.3, 0.4) is 0 Å². The van der Waals surface area contributed by atoms with Crippen molar-refractivity contribution in [1.82, 2.24) is 40.4 Å². The summed E-state index contributed by atoms with van der Waals surface area (Å²) in [5.41, 5.74) is 35.9. The number of unbranched alkanes of at least 4 members (excludes halogenated alkanes) is 8. The van der Waals surface area contributed by atoms with Crippen LogP contribution in [-0.2, 0) is 12.8 Å². The van der Waals surface area contributed by atoms with Crippen LogP contribution in [0.4, 0.5) is 23.3 Å². The average molecular weight is 1330 g/mol. The maximum absolute atomic E-state index is 12.3. The van der Waals surface area contributed by atoms with Gasteiger partial charge in [0.15, 0.2) is 56.9 Å². The number of aliphatic imine (C=N–C) groups is 2. The minimum atomic E-state index is -1.44. The fourth-order valence-corrected chi connectivity index (χ4v) is 9.52. The summed E-state index contributed by atoms with van der Waals surface area (Å²) in [6.45, 7) is 12.1. The number of ether oxygens (including phenoxy) is 2. The van der Waals surface area contributed by atoms with Gasteiger partial charge in [-0.2, -0.15) is 0 Å². The number of nitrogens with zero attached hydrogens (tertiary/aromatic N) is 8. The van der Waals surface area contributed by atoms with Crippen LogP contribution in [0.5, 0.6) is 11.5 Å². The van der Waals surface area contributed by atoms with Crippen LogP contribution in [0.25, 0.3) is 0 Å². The van der Waals surface area contributed by atoms with Crippen molar-refractivity contribution in [1.29, 1.82) is 0 Å². The molecule has 8 atom stereocenters. The first-order valence-corrected chi connectivity index (χ1v) is 32.4. The predicted octanol–water partition coefficient (Wildman–Crippen LogP) is 2.95. The number of carbonyl (C=O) groups excluding carboxylic acids is 2. The summed E-state index contributed by atoms with van der Waals surface area (Å²) in [5.74, 6) is -0.556. The third-order valence-corrected chi connectivity index (χ3v) is 15.4. The third-order valence-electron chi connectivity index (χ3n) is 14.9. The van der Waals surface area contributed by atoms with Crippen molar-refractivity contribution in [2.24, 2.45) is 21.5 Å². The van der Waals surface area contributed by atoms with Gasteiger partial charge in [0.25, 0.3) is 11.8 Å². The number of amides is 2. The minimum Gasteiger partial charge on any atom is -0.492 e. The molecular formula is C62H102Cl2N16O12. The van der Waals surface area contributed by atoms with Crippen molar-refractivity contribution in [3.05, 3.63) is 81.4 Å². The molecule has 0 aliphatic rings. The van der Waals surface area contributed by atoms with E-state index in [9.17, 15) is 50.4 Å². The van der Waals surface area contributed by atoms with Gasteiger partial charge in [0, 0.05) is 39.3 Å². The molecule has 516 valence electrons. The highest BCUT2D eigenvalue weighted by atomic mass is 35.5. The van der Waals surface area contributed by atoms with Crippen molar-refractivity contribution >= 4 is 70.2 Å². The fourth-order valence-electron chi connectivity index (χ4n) is 9.27. The summed E-state index contributed by atoms with van der Waals surface area (Å²) in [6, 6.07) is 15.6. The Hall–Kier alpha value is -6.54. The van der Waals surface area contributed by atoms with Crippen molar-refractivity contribution in [2.45, 2.75) is 179 Å². The summed E-state index contributed by atoms with van der Waals surface area (Å²) in [7, 11) is 0. The second kappa shape index (κ2) is 44.1. The molecule has 30 heteroatoms. The lowest BCUT2D eigenvalue weighted by atomic mass is 10.0. The lowest BCUT2D eigenvalue weighted by molar-refractivity contribution is -0.111. The summed E-state index contributed by atoms with van der Waals surface area (Å²) in [5, 5.41) is 86.2. The van der Waals surface area contributed by atoms with Gasteiger partial charge in [-0.15, -0.1) is 0 Å². The van der Waals surface area contributed by atoms with Crippen LogP contribution in [0.2, 0.25) is 10.3 Å². The normalized spacial score (nSPS) is 14.6. The number of guanidine groups is 2. The molecule has 2 heterocycles. The molecule has 0 fully saturated rings. The third kappa shape index (κ3) is 30.0. The Morgan fingerprint density at radius 3 is 1.16 bits per heavy atom. The number of halogens is 2. The van der Waals surface area contributed by atoms with E-state index in [4.69, 9.17) is 67.1 Å². The van der Waals surface area contributed by atoms with Gasteiger partial charge < -0.3 is 84.7 Å². The minimum absolute atomic E-state index is 0.0706. The number of aliphatic hydroxyl groups excluding tert-OH is 8. The molecule has 0 aliphatic heterocycles. The Morgan fingerprint density at radius 1 is 0.478 bits per heavy atom. The van der Waals surface area contributed by atoms with Crippen molar-refractivity contribution in [3.63, 3.8) is 0 Å². The number of aliphatic hydroxyl groups is 8. The zero-order valence-corrected chi connectivity index (χ0v) is 55.1. The molecule has 0 radical (unpaired) electrons. The molecule has 4 aromatic rings. The van der Waals surface area contributed by atoms with E-state index in [2.05, 4.69) is 54.4 Å². The Bertz CT molecular complexity index is 2630. The average Bonchev–Trinajstić information content (AvgIpc) is 1.73. The largest absolute Gasteiger partial charge is 0.492 e. The number of carbonyl (C=O) groups is 2. The number of nitrogens with one attached hydrogen (secondary N) is 2. The molecule has 92 heavy (non-hydrogen) atoms. The molecule has 2 amide bonds. The van der Waals surface area contributed by atoms with Crippen LogP contribution in [0.15, 0.2) is 58.5 Å². The SMILES string of the molecule is CCCCCCN(CCOc1ccc(CCCCN=C(N)NC(=O)c2nc(Cl)c(N)nc2N)cc1)C[C@@H](O)[C@@H](O)[C@H](O)[C@H](O)CC.CCCCCCN(CCOc1ccc(CCCCN=C(N)NC(=O)c2nc(Cl)c(N)nc2N)cc1)C[C@H](O)[C@H](O)[C@@H](O)[C@@H](O)CC. The van der Waals surface area contributed by atoms with E-state index >= 15 is 0 Å². The van der Waals surface area contributed by atoms with Gasteiger partial charge in [-0.25, -0.2) is 19.9 Å². The van der Waals surface area contributed by atoms with E-state index in [0.717, 1.165) is 126 Å². The molecule has 0 spiro atoms. The van der Waals surface area contributed by atoms with Crippen LogP contribution in [-0.4, -0.2) is 209 Å².